The lowest BCUT2D eigenvalue weighted by Crippen LogP contribution is -2.34. The zero-order chi connectivity index (χ0) is 14.1. The molecule has 0 aromatic heterocycles. The highest BCUT2D eigenvalue weighted by molar-refractivity contribution is 5.25. The fourth-order valence-corrected chi connectivity index (χ4v) is 2.52. The Morgan fingerprint density at radius 1 is 1.05 bits per heavy atom. The zero-order valence-corrected chi connectivity index (χ0v) is 13.1. The maximum atomic E-state index is 3.45. The first kappa shape index (κ1) is 16.2. The minimum Gasteiger partial charge on any atom is -0.312 e. The molecule has 0 aliphatic carbocycles. The summed E-state index contributed by atoms with van der Waals surface area (Å²) < 4.78 is 0. The van der Waals surface area contributed by atoms with Crippen molar-refractivity contribution < 1.29 is 0 Å². The minimum atomic E-state index is 0.433. The highest BCUT2D eigenvalue weighted by Crippen LogP contribution is 2.16. The number of nitrogens with zero attached hydrogens (tertiary/aromatic N) is 1. The molecule has 1 N–H and O–H groups in total. The molecule has 1 unspecified atom stereocenters. The highest BCUT2D eigenvalue weighted by atomic mass is 15.1. The van der Waals surface area contributed by atoms with E-state index in [1.165, 1.54) is 36.9 Å². The monoisotopic (exact) mass is 262 g/mol. The Morgan fingerprint density at radius 3 is 2.21 bits per heavy atom. The van der Waals surface area contributed by atoms with Crippen LogP contribution in [0.15, 0.2) is 24.3 Å². The SMILES string of the molecule is CCCc1ccc(C(CN(CC)CCC)NC)cc1. The van der Waals surface area contributed by atoms with E-state index in [0.717, 1.165) is 13.1 Å². The lowest BCUT2D eigenvalue weighted by Gasteiger charge is -2.26. The number of hydrogen-bond donors (Lipinski definition) is 1. The van der Waals surface area contributed by atoms with Gasteiger partial charge in [0.15, 0.2) is 0 Å². The number of rotatable bonds is 9. The summed E-state index contributed by atoms with van der Waals surface area (Å²) in [5.41, 5.74) is 2.85. The van der Waals surface area contributed by atoms with Gasteiger partial charge in [-0.15, -0.1) is 0 Å². The fraction of sp³-hybridized carbons (Fsp3) is 0.647. The van der Waals surface area contributed by atoms with Crippen LogP contribution in [-0.4, -0.2) is 31.6 Å². The number of benzene rings is 1. The van der Waals surface area contributed by atoms with E-state index in [1.54, 1.807) is 0 Å². The zero-order valence-electron chi connectivity index (χ0n) is 13.1. The average Bonchev–Trinajstić information content (AvgIpc) is 2.45. The van der Waals surface area contributed by atoms with Crippen LogP contribution in [0.2, 0.25) is 0 Å². The molecule has 0 aliphatic rings. The molecule has 1 rings (SSSR count). The molecule has 0 radical (unpaired) electrons. The maximum absolute atomic E-state index is 3.45. The molecular formula is C17H30N2. The van der Waals surface area contributed by atoms with Crippen LogP contribution in [0.3, 0.4) is 0 Å². The molecule has 0 spiro atoms. The fourth-order valence-electron chi connectivity index (χ4n) is 2.52. The summed E-state index contributed by atoms with van der Waals surface area (Å²) in [5, 5.41) is 3.45. The summed E-state index contributed by atoms with van der Waals surface area (Å²) >= 11 is 0. The molecule has 0 heterocycles. The molecule has 2 heteroatoms. The van der Waals surface area contributed by atoms with Gasteiger partial charge in [0.2, 0.25) is 0 Å². The van der Waals surface area contributed by atoms with Crippen molar-refractivity contribution in [3.8, 4) is 0 Å². The van der Waals surface area contributed by atoms with Crippen molar-refractivity contribution in [3.63, 3.8) is 0 Å². The molecule has 0 bridgehead atoms. The largest absolute Gasteiger partial charge is 0.312 e. The van der Waals surface area contributed by atoms with E-state index < -0.39 is 0 Å². The third kappa shape index (κ3) is 5.33. The van der Waals surface area contributed by atoms with Crippen LogP contribution in [0.1, 0.15) is 50.8 Å². The minimum absolute atomic E-state index is 0.433. The van der Waals surface area contributed by atoms with Gasteiger partial charge in [0, 0.05) is 12.6 Å². The quantitative estimate of drug-likeness (QED) is 0.731. The van der Waals surface area contributed by atoms with Crippen LogP contribution in [0.4, 0.5) is 0 Å². The van der Waals surface area contributed by atoms with E-state index >= 15 is 0 Å². The van der Waals surface area contributed by atoms with E-state index in [1.807, 2.05) is 0 Å². The van der Waals surface area contributed by atoms with Crippen LogP contribution in [0, 0.1) is 0 Å². The first-order chi connectivity index (χ1) is 9.24. The van der Waals surface area contributed by atoms with Crippen LogP contribution < -0.4 is 5.32 Å². The van der Waals surface area contributed by atoms with Crippen molar-refractivity contribution in [2.24, 2.45) is 0 Å². The molecule has 0 amide bonds. The Bertz CT molecular complexity index is 332. The molecule has 0 saturated carbocycles. The van der Waals surface area contributed by atoms with E-state index in [0.29, 0.717) is 6.04 Å². The molecular weight excluding hydrogens is 232 g/mol. The molecule has 0 fully saturated rings. The highest BCUT2D eigenvalue weighted by Gasteiger charge is 2.12. The molecule has 1 aromatic rings. The molecule has 1 aromatic carbocycles. The lowest BCUT2D eigenvalue weighted by atomic mass is 10.0. The second-order valence-corrected chi connectivity index (χ2v) is 5.23. The number of aryl methyl sites for hydroxylation is 1. The Kier molecular flexibility index (Phi) is 7.76. The molecule has 19 heavy (non-hydrogen) atoms. The molecule has 1 atom stereocenters. The summed E-state index contributed by atoms with van der Waals surface area (Å²) in [5.74, 6) is 0. The second kappa shape index (κ2) is 9.11. The third-order valence-electron chi connectivity index (χ3n) is 3.70. The van der Waals surface area contributed by atoms with Gasteiger partial charge in [0.05, 0.1) is 0 Å². The summed E-state index contributed by atoms with van der Waals surface area (Å²) in [7, 11) is 2.06. The Balaban J connectivity index is 2.67. The van der Waals surface area contributed by atoms with Crippen molar-refractivity contribution in [1.29, 1.82) is 0 Å². The first-order valence-corrected chi connectivity index (χ1v) is 7.73. The Morgan fingerprint density at radius 2 is 1.74 bits per heavy atom. The van der Waals surface area contributed by atoms with Crippen molar-refractivity contribution in [2.75, 3.05) is 26.7 Å². The van der Waals surface area contributed by atoms with Crippen molar-refractivity contribution >= 4 is 0 Å². The van der Waals surface area contributed by atoms with Gasteiger partial charge in [-0.05, 0) is 44.1 Å². The van der Waals surface area contributed by atoms with Gasteiger partial charge in [0.25, 0.3) is 0 Å². The van der Waals surface area contributed by atoms with Gasteiger partial charge in [-0.1, -0.05) is 51.5 Å². The molecule has 108 valence electrons. The summed E-state index contributed by atoms with van der Waals surface area (Å²) in [6.07, 6.45) is 3.62. The van der Waals surface area contributed by atoms with E-state index in [2.05, 4.69) is 62.3 Å². The maximum Gasteiger partial charge on any atom is 0.0446 e. The average molecular weight is 262 g/mol. The Hall–Kier alpha value is -0.860. The van der Waals surface area contributed by atoms with Gasteiger partial charge >= 0.3 is 0 Å². The van der Waals surface area contributed by atoms with Gasteiger partial charge in [0.1, 0.15) is 0 Å². The van der Waals surface area contributed by atoms with E-state index in [9.17, 15) is 0 Å². The molecule has 0 saturated heterocycles. The predicted molar refractivity (Wildman–Crippen MR) is 84.6 cm³/mol. The van der Waals surface area contributed by atoms with Crippen LogP contribution in [0.25, 0.3) is 0 Å². The van der Waals surface area contributed by atoms with Gasteiger partial charge < -0.3 is 10.2 Å². The summed E-state index contributed by atoms with van der Waals surface area (Å²) in [6, 6.07) is 9.55. The number of hydrogen-bond acceptors (Lipinski definition) is 2. The van der Waals surface area contributed by atoms with E-state index in [4.69, 9.17) is 0 Å². The van der Waals surface area contributed by atoms with E-state index in [-0.39, 0.29) is 0 Å². The normalized spacial score (nSPS) is 12.9. The number of nitrogens with one attached hydrogen (secondary N) is 1. The van der Waals surface area contributed by atoms with Crippen LogP contribution >= 0.6 is 0 Å². The summed E-state index contributed by atoms with van der Waals surface area (Å²) in [4.78, 5) is 2.52. The molecule has 0 aliphatic heterocycles. The van der Waals surface area contributed by atoms with Crippen molar-refractivity contribution in [1.82, 2.24) is 10.2 Å². The van der Waals surface area contributed by atoms with Crippen molar-refractivity contribution in [3.05, 3.63) is 35.4 Å². The predicted octanol–water partition coefficient (Wildman–Crippen LogP) is 3.63. The molecule has 2 nitrogen and oxygen atoms in total. The lowest BCUT2D eigenvalue weighted by molar-refractivity contribution is 0.259. The van der Waals surface area contributed by atoms with Gasteiger partial charge in [-0.2, -0.15) is 0 Å². The second-order valence-electron chi connectivity index (χ2n) is 5.23. The standard InChI is InChI=1S/C17H30N2/c1-5-8-15-9-11-16(12-10-15)17(18-4)14-19(7-3)13-6-2/h9-12,17-18H,5-8,13-14H2,1-4H3. The summed E-state index contributed by atoms with van der Waals surface area (Å²) in [6.45, 7) is 10.1. The third-order valence-corrected chi connectivity index (χ3v) is 3.70. The number of likely N-dealkylation sites (N-methyl/N-ethyl adjacent to an activating group) is 2. The smallest absolute Gasteiger partial charge is 0.0446 e. The van der Waals surface area contributed by atoms with Gasteiger partial charge in [-0.25, -0.2) is 0 Å². The van der Waals surface area contributed by atoms with Gasteiger partial charge in [-0.3, -0.25) is 0 Å². The van der Waals surface area contributed by atoms with Crippen LogP contribution in [-0.2, 0) is 6.42 Å². The topological polar surface area (TPSA) is 15.3 Å². The Labute approximate surface area is 119 Å². The van der Waals surface area contributed by atoms with Crippen molar-refractivity contribution in [2.45, 2.75) is 46.1 Å². The first-order valence-electron chi connectivity index (χ1n) is 7.73. The van der Waals surface area contributed by atoms with Crippen LogP contribution in [0.5, 0.6) is 0 Å².